The number of rotatable bonds is 9. The molecule has 2 saturated heterocycles. The number of hydrogen-bond acceptors (Lipinski definition) is 9. The molecule has 4 amide bonds. The van der Waals surface area contributed by atoms with Gasteiger partial charge in [0.15, 0.2) is 11.5 Å². The van der Waals surface area contributed by atoms with Gasteiger partial charge >= 0.3 is 0 Å². The second kappa shape index (κ2) is 14.8. The van der Waals surface area contributed by atoms with Crippen LogP contribution in [0, 0.1) is 29.6 Å². The minimum Gasteiger partial charge on any atom is -0.502 e. The van der Waals surface area contributed by atoms with Gasteiger partial charge in [0.25, 0.3) is 11.8 Å². The van der Waals surface area contributed by atoms with Crippen LogP contribution >= 0.6 is 34.8 Å². The van der Waals surface area contributed by atoms with Crippen molar-refractivity contribution in [1.29, 1.82) is 0 Å². The van der Waals surface area contributed by atoms with Crippen molar-refractivity contribution in [1.82, 2.24) is 5.01 Å². The number of methoxy groups -OCH3 is 3. The number of benzene rings is 4. The first-order valence-electron chi connectivity index (χ1n) is 18.1. The van der Waals surface area contributed by atoms with E-state index in [1.807, 2.05) is 12.2 Å². The molecule has 8 rings (SSSR count). The molecule has 0 bridgehead atoms. The van der Waals surface area contributed by atoms with Crippen molar-refractivity contribution >= 4 is 75.9 Å². The number of phenolic OH excluding ortho intramolecular Hbond substituents is 1. The summed E-state index contributed by atoms with van der Waals surface area (Å²) in [6.07, 6.45) is 5.92. The van der Waals surface area contributed by atoms with Crippen molar-refractivity contribution in [2.45, 2.75) is 18.3 Å². The molecule has 4 aromatic rings. The van der Waals surface area contributed by atoms with Gasteiger partial charge in [0, 0.05) is 16.0 Å². The van der Waals surface area contributed by atoms with Crippen LogP contribution in [0.3, 0.4) is 0 Å². The normalized spacial score (nSPS) is 25.3. The Morgan fingerprint density at radius 2 is 1.46 bits per heavy atom. The number of hydrogen-bond donors (Lipinski definition) is 2. The third-order valence-corrected chi connectivity index (χ3v) is 12.5. The Balaban J connectivity index is 1.32. The van der Waals surface area contributed by atoms with Crippen LogP contribution in [0.4, 0.5) is 11.4 Å². The van der Waals surface area contributed by atoms with E-state index in [9.17, 15) is 19.5 Å². The van der Waals surface area contributed by atoms with Crippen LogP contribution in [0.2, 0.25) is 15.1 Å². The maximum Gasteiger partial charge on any atom is 0.260 e. The standard InChI is InChI=1S/C43H36Cl3N3O8/c1-55-27-12-5-23(6-13-27)43-31(16-4-22-18-35(56-2)38(50)36(19-22)57-3)28-14-15-29-37(41(53)48(39(29)51)26-10-7-24(44)8-11-26)30(28)21-32(43)40(52)49(42(43)54)47-34-17-9-25(45)20-33(34)46/h4-14,16-20,29-32,37,47,50H,15,21H2,1-3H3. The highest BCUT2D eigenvalue weighted by Gasteiger charge is 2.69. The minimum absolute atomic E-state index is 0.0921. The number of fused-ring (bicyclic) bond motifs is 4. The lowest BCUT2D eigenvalue weighted by Gasteiger charge is -2.49. The molecule has 292 valence electrons. The Kier molecular flexibility index (Phi) is 9.96. The van der Waals surface area contributed by atoms with E-state index >= 15 is 4.79 Å². The van der Waals surface area contributed by atoms with Crippen LogP contribution < -0.4 is 24.5 Å². The number of amides is 4. The molecular weight excluding hydrogens is 793 g/mol. The van der Waals surface area contributed by atoms with E-state index in [0.717, 1.165) is 10.6 Å². The molecule has 57 heavy (non-hydrogen) atoms. The molecule has 0 spiro atoms. The molecular formula is C43H36Cl3N3O8. The van der Waals surface area contributed by atoms with Crippen LogP contribution in [0.5, 0.6) is 23.0 Å². The number of nitrogens with zero attached hydrogens (tertiary/aromatic N) is 2. The van der Waals surface area contributed by atoms with Gasteiger partial charge in [-0.25, -0.2) is 0 Å². The summed E-state index contributed by atoms with van der Waals surface area (Å²) in [6.45, 7) is 0. The Hall–Kier alpha value is -5.49. The van der Waals surface area contributed by atoms with Gasteiger partial charge in [-0.2, -0.15) is 5.01 Å². The lowest BCUT2D eigenvalue weighted by Crippen LogP contribution is -2.54. The minimum atomic E-state index is -1.55. The van der Waals surface area contributed by atoms with Gasteiger partial charge in [-0.15, -0.1) is 0 Å². The smallest absolute Gasteiger partial charge is 0.260 e. The second-order valence-corrected chi connectivity index (χ2v) is 15.7. The molecule has 2 N–H and O–H groups in total. The molecule has 2 aliphatic heterocycles. The summed E-state index contributed by atoms with van der Waals surface area (Å²) >= 11 is 18.9. The van der Waals surface area contributed by atoms with Crippen LogP contribution in [0.25, 0.3) is 6.08 Å². The van der Waals surface area contributed by atoms with Gasteiger partial charge in [0.2, 0.25) is 17.6 Å². The number of imide groups is 2. The molecule has 3 fully saturated rings. The highest BCUT2D eigenvalue weighted by atomic mass is 35.5. The topological polar surface area (TPSA) is 135 Å². The molecule has 11 nitrogen and oxygen atoms in total. The quantitative estimate of drug-likeness (QED) is 0.127. The fourth-order valence-electron chi connectivity index (χ4n) is 9.15. The van der Waals surface area contributed by atoms with Gasteiger partial charge in [-0.05, 0) is 96.6 Å². The van der Waals surface area contributed by atoms with Gasteiger partial charge in [-0.3, -0.25) is 29.5 Å². The molecule has 4 aromatic carbocycles. The number of aromatic hydroxyl groups is 1. The van der Waals surface area contributed by atoms with E-state index in [1.165, 1.54) is 32.3 Å². The summed E-state index contributed by atoms with van der Waals surface area (Å²) < 4.78 is 16.3. The summed E-state index contributed by atoms with van der Waals surface area (Å²) in [6, 6.07) is 21.5. The summed E-state index contributed by atoms with van der Waals surface area (Å²) in [7, 11) is 4.38. The summed E-state index contributed by atoms with van der Waals surface area (Å²) in [5, 5.41) is 12.7. The molecule has 4 aliphatic rings. The first-order chi connectivity index (χ1) is 27.4. The average Bonchev–Trinajstić information content (AvgIpc) is 3.59. The summed E-state index contributed by atoms with van der Waals surface area (Å²) in [4.78, 5) is 60.2. The van der Waals surface area contributed by atoms with E-state index in [1.54, 1.807) is 78.9 Å². The van der Waals surface area contributed by atoms with Crippen molar-refractivity contribution < 1.29 is 38.5 Å². The van der Waals surface area contributed by atoms with Crippen molar-refractivity contribution in [2.24, 2.45) is 29.6 Å². The number of allylic oxidation sites excluding steroid dienone is 3. The van der Waals surface area contributed by atoms with Crippen molar-refractivity contribution in [3.8, 4) is 23.0 Å². The number of phenols is 1. The molecule has 0 radical (unpaired) electrons. The monoisotopic (exact) mass is 827 g/mol. The highest BCUT2D eigenvalue weighted by molar-refractivity contribution is 6.36. The Morgan fingerprint density at radius 1 is 0.789 bits per heavy atom. The zero-order chi connectivity index (χ0) is 40.3. The van der Waals surface area contributed by atoms with Crippen LogP contribution in [-0.4, -0.2) is 55.1 Å². The van der Waals surface area contributed by atoms with Gasteiger partial charge in [-0.1, -0.05) is 70.7 Å². The third kappa shape index (κ3) is 6.11. The maximum atomic E-state index is 15.4. The zero-order valence-corrected chi connectivity index (χ0v) is 33.1. The average molecular weight is 829 g/mol. The Bertz CT molecular complexity index is 2360. The number of nitrogens with one attached hydrogen (secondary N) is 1. The first-order valence-corrected chi connectivity index (χ1v) is 19.3. The van der Waals surface area contributed by atoms with E-state index in [0.29, 0.717) is 32.6 Å². The van der Waals surface area contributed by atoms with Crippen molar-refractivity contribution in [3.05, 3.63) is 123 Å². The number of ether oxygens (including phenoxy) is 3. The van der Waals surface area contributed by atoms with Crippen LogP contribution in [0.1, 0.15) is 24.0 Å². The van der Waals surface area contributed by atoms with Crippen molar-refractivity contribution in [2.75, 3.05) is 31.7 Å². The summed E-state index contributed by atoms with van der Waals surface area (Å²) in [5.41, 5.74) is 4.01. The molecule has 1 saturated carbocycles. The number of hydrazine groups is 1. The molecule has 2 aliphatic carbocycles. The first kappa shape index (κ1) is 38.4. The summed E-state index contributed by atoms with van der Waals surface area (Å²) in [5.74, 6) is -4.99. The SMILES string of the molecule is COc1ccc(C23C(=O)N(Nc4ccc(Cl)cc4Cl)C(=O)C2CC2C(=CCC4C(=O)N(c5ccc(Cl)cc5)C(=O)C42)C3C=Cc2cc(OC)c(O)c(OC)c2)cc1. The second-order valence-electron chi connectivity index (χ2n) is 14.4. The number of carbonyl (C=O) groups excluding carboxylic acids is 4. The molecule has 0 aromatic heterocycles. The van der Waals surface area contributed by atoms with E-state index in [4.69, 9.17) is 49.0 Å². The fraction of sp³-hybridized carbons (Fsp3) is 0.256. The molecule has 2 heterocycles. The molecule has 6 unspecified atom stereocenters. The number of carbonyl (C=O) groups is 4. The lowest BCUT2D eigenvalue weighted by atomic mass is 9.50. The van der Waals surface area contributed by atoms with E-state index in [2.05, 4.69) is 5.43 Å². The van der Waals surface area contributed by atoms with Gasteiger partial charge in [0.05, 0.1) is 60.9 Å². The number of halogens is 3. The zero-order valence-electron chi connectivity index (χ0n) is 30.9. The lowest BCUT2D eigenvalue weighted by molar-refractivity contribution is -0.139. The Labute approximate surface area is 343 Å². The molecule has 14 heteroatoms. The number of anilines is 2. The fourth-order valence-corrected chi connectivity index (χ4v) is 9.73. The third-order valence-electron chi connectivity index (χ3n) is 11.7. The predicted molar refractivity (Wildman–Crippen MR) is 216 cm³/mol. The Morgan fingerprint density at radius 3 is 2.09 bits per heavy atom. The largest absolute Gasteiger partial charge is 0.502 e. The predicted octanol–water partition coefficient (Wildman–Crippen LogP) is 8.11. The van der Waals surface area contributed by atoms with Gasteiger partial charge < -0.3 is 19.3 Å². The highest BCUT2D eigenvalue weighted by Crippen LogP contribution is 2.62. The van der Waals surface area contributed by atoms with Gasteiger partial charge in [0.1, 0.15) is 5.75 Å². The van der Waals surface area contributed by atoms with Crippen molar-refractivity contribution in [3.63, 3.8) is 0 Å². The molecule has 6 atom stereocenters. The van der Waals surface area contributed by atoms with Crippen LogP contribution in [0.15, 0.2) is 96.6 Å². The van der Waals surface area contributed by atoms with E-state index < -0.39 is 46.8 Å². The van der Waals surface area contributed by atoms with E-state index in [-0.39, 0.29) is 52.6 Å². The maximum absolute atomic E-state index is 15.4. The van der Waals surface area contributed by atoms with Crippen LogP contribution in [-0.2, 0) is 24.6 Å².